The molecule has 0 bridgehead atoms. The largest absolute Gasteiger partial charge is 0.494 e. The van der Waals surface area contributed by atoms with Crippen molar-refractivity contribution < 1.29 is 14.3 Å². The summed E-state index contributed by atoms with van der Waals surface area (Å²) >= 11 is 7.34. The van der Waals surface area contributed by atoms with Crippen LogP contribution in [0.2, 0.25) is 5.02 Å². The monoisotopic (exact) mass is 492 g/mol. The van der Waals surface area contributed by atoms with Gasteiger partial charge in [0.25, 0.3) is 5.91 Å². The van der Waals surface area contributed by atoms with Crippen LogP contribution < -0.4 is 14.8 Å². The van der Waals surface area contributed by atoms with Gasteiger partial charge >= 0.3 is 0 Å². The SMILES string of the molecule is COc1ccc(Cl)cc1N=C1NC(=O)/C(=C/c2ccc(OCc3c(C)cc(C)cc3C)cc2)S1. The Kier molecular flexibility index (Phi) is 7.29. The van der Waals surface area contributed by atoms with E-state index >= 15 is 0 Å². The number of aryl methyl sites for hydroxylation is 3. The van der Waals surface area contributed by atoms with Crippen molar-refractivity contribution in [3.8, 4) is 11.5 Å². The highest BCUT2D eigenvalue weighted by Crippen LogP contribution is 2.34. The number of benzene rings is 3. The molecule has 0 atom stereocenters. The third-order valence-electron chi connectivity index (χ3n) is 5.42. The average Bonchev–Trinajstić information content (AvgIpc) is 3.12. The summed E-state index contributed by atoms with van der Waals surface area (Å²) in [5, 5.41) is 3.80. The van der Waals surface area contributed by atoms with Crippen LogP contribution in [-0.4, -0.2) is 18.2 Å². The van der Waals surface area contributed by atoms with Crippen molar-refractivity contribution in [2.45, 2.75) is 27.4 Å². The Morgan fingerprint density at radius 2 is 1.74 bits per heavy atom. The van der Waals surface area contributed by atoms with Crippen LogP contribution in [0.1, 0.15) is 27.8 Å². The highest BCUT2D eigenvalue weighted by Gasteiger charge is 2.24. The molecule has 5 nitrogen and oxygen atoms in total. The van der Waals surface area contributed by atoms with Gasteiger partial charge in [-0.1, -0.05) is 41.4 Å². The fourth-order valence-corrected chi connectivity index (χ4v) is 4.75. The molecule has 0 saturated carbocycles. The summed E-state index contributed by atoms with van der Waals surface area (Å²) in [5.74, 6) is 1.16. The summed E-state index contributed by atoms with van der Waals surface area (Å²) in [6, 6.07) is 17.2. The number of hydrogen-bond acceptors (Lipinski definition) is 5. The lowest BCUT2D eigenvalue weighted by molar-refractivity contribution is -0.115. The number of aliphatic imine (C=N–C) groups is 1. The molecule has 7 heteroatoms. The van der Waals surface area contributed by atoms with Gasteiger partial charge in [-0.15, -0.1) is 0 Å². The van der Waals surface area contributed by atoms with Gasteiger partial charge in [0, 0.05) is 5.02 Å². The fraction of sp³-hybridized carbons (Fsp3) is 0.185. The quantitative estimate of drug-likeness (QED) is 0.387. The lowest BCUT2D eigenvalue weighted by atomic mass is 10.0. The van der Waals surface area contributed by atoms with Crippen molar-refractivity contribution in [3.63, 3.8) is 0 Å². The summed E-state index contributed by atoms with van der Waals surface area (Å²) in [7, 11) is 1.56. The highest BCUT2D eigenvalue weighted by molar-refractivity contribution is 8.18. The van der Waals surface area contributed by atoms with Crippen molar-refractivity contribution in [2.75, 3.05) is 7.11 Å². The Hall–Kier alpha value is -3.22. The zero-order chi connectivity index (χ0) is 24.2. The molecular formula is C27H25ClN2O3S. The van der Waals surface area contributed by atoms with Gasteiger partial charge in [0.15, 0.2) is 5.17 Å². The van der Waals surface area contributed by atoms with E-state index in [1.807, 2.05) is 30.3 Å². The maximum absolute atomic E-state index is 12.5. The number of thioether (sulfide) groups is 1. The number of amides is 1. The number of ether oxygens (including phenoxy) is 2. The molecule has 3 aromatic rings. The topological polar surface area (TPSA) is 59.9 Å². The van der Waals surface area contributed by atoms with E-state index in [2.05, 4.69) is 43.2 Å². The maximum Gasteiger partial charge on any atom is 0.264 e. The van der Waals surface area contributed by atoms with Crippen molar-refractivity contribution in [1.29, 1.82) is 0 Å². The minimum atomic E-state index is -0.199. The van der Waals surface area contributed by atoms with Crippen molar-refractivity contribution >= 4 is 46.2 Å². The highest BCUT2D eigenvalue weighted by atomic mass is 35.5. The molecule has 0 aliphatic carbocycles. The number of hydrogen-bond donors (Lipinski definition) is 1. The van der Waals surface area contributed by atoms with Crippen LogP contribution in [0.3, 0.4) is 0 Å². The predicted molar refractivity (Wildman–Crippen MR) is 140 cm³/mol. The number of amidine groups is 1. The third kappa shape index (κ3) is 5.64. The Bertz CT molecular complexity index is 1280. The Morgan fingerprint density at radius 3 is 2.41 bits per heavy atom. The van der Waals surface area contributed by atoms with E-state index < -0.39 is 0 Å². The van der Waals surface area contributed by atoms with Gasteiger partial charge in [-0.2, -0.15) is 0 Å². The molecule has 1 N–H and O–H groups in total. The number of carbonyl (C=O) groups excluding carboxylic acids is 1. The van der Waals surface area contributed by atoms with Crippen molar-refractivity contribution in [3.05, 3.63) is 92.3 Å². The van der Waals surface area contributed by atoms with Gasteiger partial charge in [-0.25, -0.2) is 4.99 Å². The first-order chi connectivity index (χ1) is 16.3. The second kappa shape index (κ2) is 10.4. The molecule has 1 fully saturated rings. The zero-order valence-corrected chi connectivity index (χ0v) is 21.0. The molecule has 4 rings (SSSR count). The first kappa shape index (κ1) is 23.9. The Morgan fingerprint density at radius 1 is 1.03 bits per heavy atom. The fourth-order valence-electron chi connectivity index (χ4n) is 3.75. The van der Waals surface area contributed by atoms with Gasteiger partial charge in [0.05, 0.1) is 12.0 Å². The normalized spacial score (nSPS) is 15.6. The molecule has 174 valence electrons. The maximum atomic E-state index is 12.5. The molecule has 0 aromatic heterocycles. The summed E-state index contributed by atoms with van der Waals surface area (Å²) in [4.78, 5) is 17.5. The molecular weight excluding hydrogens is 468 g/mol. The lowest BCUT2D eigenvalue weighted by Gasteiger charge is -2.13. The minimum absolute atomic E-state index is 0.199. The van der Waals surface area contributed by atoms with E-state index in [0.717, 1.165) is 11.3 Å². The van der Waals surface area contributed by atoms with E-state index in [4.69, 9.17) is 21.1 Å². The van der Waals surface area contributed by atoms with E-state index in [9.17, 15) is 4.79 Å². The van der Waals surface area contributed by atoms with Crippen LogP contribution in [0.5, 0.6) is 11.5 Å². The van der Waals surface area contributed by atoms with Crippen LogP contribution in [0, 0.1) is 20.8 Å². The number of halogens is 1. The van der Waals surface area contributed by atoms with Crippen LogP contribution in [0.4, 0.5) is 5.69 Å². The number of rotatable bonds is 6. The number of carbonyl (C=O) groups is 1. The minimum Gasteiger partial charge on any atom is -0.494 e. The van der Waals surface area contributed by atoms with Gasteiger partial charge < -0.3 is 14.8 Å². The van der Waals surface area contributed by atoms with Crippen molar-refractivity contribution in [1.82, 2.24) is 5.32 Å². The van der Waals surface area contributed by atoms with E-state index in [0.29, 0.717) is 33.1 Å². The molecule has 34 heavy (non-hydrogen) atoms. The van der Waals surface area contributed by atoms with E-state index in [1.165, 1.54) is 34.0 Å². The third-order valence-corrected chi connectivity index (χ3v) is 6.56. The van der Waals surface area contributed by atoms with Crippen LogP contribution in [-0.2, 0) is 11.4 Å². The standard InChI is InChI=1S/C27H25ClN2O3S/c1-16-11-17(2)22(18(3)12-16)15-33-21-8-5-19(6-9-21)13-25-26(31)30-27(34-25)29-23-14-20(28)7-10-24(23)32-4/h5-14H,15H2,1-4H3,(H,29,30,31)/b25-13-. The smallest absolute Gasteiger partial charge is 0.264 e. The molecule has 0 unspecified atom stereocenters. The molecule has 1 saturated heterocycles. The van der Waals surface area contributed by atoms with Crippen LogP contribution in [0.15, 0.2) is 64.5 Å². The molecule has 1 aliphatic rings. The molecule has 0 radical (unpaired) electrons. The molecule has 0 spiro atoms. The summed E-state index contributed by atoms with van der Waals surface area (Å²) in [6.45, 7) is 6.84. The van der Waals surface area contributed by atoms with Crippen molar-refractivity contribution in [2.24, 2.45) is 4.99 Å². The second-order valence-electron chi connectivity index (χ2n) is 8.03. The number of methoxy groups -OCH3 is 1. The molecule has 3 aromatic carbocycles. The number of nitrogens with one attached hydrogen (secondary N) is 1. The zero-order valence-electron chi connectivity index (χ0n) is 19.4. The number of nitrogens with zero attached hydrogens (tertiary/aromatic N) is 1. The Balaban J connectivity index is 1.45. The van der Waals surface area contributed by atoms with E-state index in [-0.39, 0.29) is 5.91 Å². The molecule has 1 amide bonds. The molecule has 1 heterocycles. The Labute approximate surface area is 208 Å². The van der Waals surface area contributed by atoms with Crippen LogP contribution in [0.25, 0.3) is 6.08 Å². The molecule has 1 aliphatic heterocycles. The van der Waals surface area contributed by atoms with Gasteiger partial charge in [0.2, 0.25) is 0 Å². The predicted octanol–water partition coefficient (Wildman–Crippen LogP) is 6.74. The summed E-state index contributed by atoms with van der Waals surface area (Å²) in [5.41, 5.74) is 6.38. The summed E-state index contributed by atoms with van der Waals surface area (Å²) < 4.78 is 11.3. The van der Waals surface area contributed by atoms with Crippen LogP contribution >= 0.6 is 23.4 Å². The summed E-state index contributed by atoms with van der Waals surface area (Å²) in [6.07, 6.45) is 1.83. The van der Waals surface area contributed by atoms with Gasteiger partial charge in [0.1, 0.15) is 23.8 Å². The second-order valence-corrected chi connectivity index (χ2v) is 9.50. The first-order valence-electron chi connectivity index (χ1n) is 10.7. The lowest BCUT2D eigenvalue weighted by Crippen LogP contribution is -2.19. The average molecular weight is 493 g/mol. The van der Waals surface area contributed by atoms with E-state index in [1.54, 1.807) is 25.3 Å². The van der Waals surface area contributed by atoms with Gasteiger partial charge in [-0.3, -0.25) is 4.79 Å². The first-order valence-corrected chi connectivity index (χ1v) is 11.9. The van der Waals surface area contributed by atoms with Gasteiger partial charge in [-0.05, 0) is 91.2 Å².